The number of nitrogens with one attached hydrogen (secondary N) is 1. The molecule has 6 rings (SSSR count). The van der Waals surface area contributed by atoms with Gasteiger partial charge in [-0.25, -0.2) is 9.97 Å². The average molecular weight is 522 g/mol. The lowest BCUT2D eigenvalue weighted by Gasteiger charge is -2.34. The zero-order valence-corrected chi connectivity index (χ0v) is 21.1. The molecule has 0 saturated heterocycles. The molecule has 1 saturated carbocycles. The van der Waals surface area contributed by atoms with E-state index in [4.69, 9.17) is 0 Å². The van der Waals surface area contributed by atoms with E-state index in [9.17, 15) is 13.6 Å². The van der Waals surface area contributed by atoms with Gasteiger partial charge in [-0.05, 0) is 56.9 Å². The third-order valence-corrected chi connectivity index (χ3v) is 7.58. The van der Waals surface area contributed by atoms with Crippen molar-refractivity contribution in [2.45, 2.75) is 58.3 Å². The second kappa shape index (κ2) is 10.0. The first kappa shape index (κ1) is 24.3. The predicted molar refractivity (Wildman–Crippen MR) is 137 cm³/mol. The number of imidazole rings is 1. The fraction of sp³-hybridized carbons (Fsp3) is 0.407. The van der Waals surface area contributed by atoms with Gasteiger partial charge in [0.25, 0.3) is 0 Å². The van der Waals surface area contributed by atoms with E-state index in [-0.39, 0.29) is 23.6 Å². The molecule has 1 aromatic carbocycles. The van der Waals surface area contributed by atoms with Crippen molar-refractivity contribution in [3.05, 3.63) is 60.4 Å². The maximum Gasteiger partial charge on any atom is 0.387 e. The number of ether oxygens (including phenoxy) is 1. The van der Waals surface area contributed by atoms with Crippen molar-refractivity contribution >= 4 is 22.8 Å². The van der Waals surface area contributed by atoms with Gasteiger partial charge >= 0.3 is 6.61 Å². The van der Waals surface area contributed by atoms with Crippen LogP contribution in [-0.4, -0.2) is 54.1 Å². The number of carbonyl (C=O) groups is 1. The van der Waals surface area contributed by atoms with Crippen LogP contribution in [0.15, 0.2) is 48.9 Å². The zero-order valence-electron chi connectivity index (χ0n) is 21.1. The highest BCUT2D eigenvalue weighted by Gasteiger charge is 2.32. The van der Waals surface area contributed by atoms with E-state index in [0.717, 1.165) is 50.3 Å². The topological polar surface area (TPSA) is 90.1 Å². The molecular weight excluding hydrogens is 492 g/mol. The fourth-order valence-corrected chi connectivity index (χ4v) is 5.62. The van der Waals surface area contributed by atoms with Crippen molar-refractivity contribution in [2.24, 2.45) is 5.92 Å². The number of aromatic nitrogens is 5. The smallest absolute Gasteiger partial charge is 0.387 e. The molecule has 1 amide bonds. The molecule has 0 bridgehead atoms. The van der Waals surface area contributed by atoms with Gasteiger partial charge in [0.15, 0.2) is 0 Å². The Bertz CT molecular complexity index is 1460. The normalized spacial score (nSPS) is 19.5. The maximum atomic E-state index is 13.2. The quantitative estimate of drug-likeness (QED) is 0.401. The fourth-order valence-electron chi connectivity index (χ4n) is 5.62. The number of fused-ring (bicyclic) bond motifs is 2. The molecule has 1 aliphatic heterocycles. The maximum absolute atomic E-state index is 13.2. The summed E-state index contributed by atoms with van der Waals surface area (Å²) in [5.41, 5.74) is 1.85. The summed E-state index contributed by atoms with van der Waals surface area (Å²) in [6.45, 7) is 1.26. The summed E-state index contributed by atoms with van der Waals surface area (Å²) in [6, 6.07) is 8.70. The van der Waals surface area contributed by atoms with E-state index < -0.39 is 6.61 Å². The van der Waals surface area contributed by atoms with Gasteiger partial charge < -0.3 is 24.1 Å². The molecule has 9 nitrogen and oxygen atoms in total. The van der Waals surface area contributed by atoms with Crippen molar-refractivity contribution in [3.63, 3.8) is 0 Å². The third kappa shape index (κ3) is 4.68. The first-order valence-electron chi connectivity index (χ1n) is 12.9. The Balaban J connectivity index is 1.09. The van der Waals surface area contributed by atoms with Gasteiger partial charge in [-0.1, -0.05) is 6.07 Å². The van der Waals surface area contributed by atoms with Crippen LogP contribution in [0, 0.1) is 12.8 Å². The van der Waals surface area contributed by atoms with Gasteiger partial charge in [0.2, 0.25) is 11.9 Å². The molecule has 0 unspecified atom stereocenters. The summed E-state index contributed by atoms with van der Waals surface area (Å²) in [5.74, 6) is 2.45. The summed E-state index contributed by atoms with van der Waals surface area (Å²) in [7, 11) is 0. The molecule has 38 heavy (non-hydrogen) atoms. The molecule has 0 spiro atoms. The van der Waals surface area contributed by atoms with Crippen LogP contribution in [0.25, 0.3) is 16.7 Å². The molecule has 1 aliphatic carbocycles. The minimum atomic E-state index is -2.89. The van der Waals surface area contributed by atoms with Gasteiger partial charge in [0, 0.05) is 54.7 Å². The molecule has 1 N–H and O–H groups in total. The molecule has 1 fully saturated rings. The average Bonchev–Trinajstić information content (AvgIpc) is 3.53. The Labute approximate surface area is 218 Å². The number of hydrogen-bond donors (Lipinski definition) is 1. The molecule has 4 heterocycles. The molecule has 198 valence electrons. The molecule has 2 aliphatic rings. The minimum Gasteiger partial charge on any atom is -0.434 e. The van der Waals surface area contributed by atoms with E-state index in [2.05, 4.69) is 29.6 Å². The lowest BCUT2D eigenvalue weighted by Crippen LogP contribution is -2.43. The molecule has 11 heteroatoms. The van der Waals surface area contributed by atoms with E-state index in [1.54, 1.807) is 30.6 Å². The van der Waals surface area contributed by atoms with Crippen LogP contribution in [0.5, 0.6) is 5.75 Å². The highest BCUT2D eigenvalue weighted by Crippen LogP contribution is 2.31. The number of alkyl halides is 2. The second-order valence-corrected chi connectivity index (χ2v) is 9.91. The number of anilines is 1. The molecule has 0 radical (unpaired) electrons. The monoisotopic (exact) mass is 521 g/mol. The summed E-state index contributed by atoms with van der Waals surface area (Å²) in [6.07, 6.45) is 8.66. The largest absolute Gasteiger partial charge is 0.434 e. The summed E-state index contributed by atoms with van der Waals surface area (Å²) < 4.78 is 34.2. The Kier molecular flexibility index (Phi) is 6.42. The summed E-state index contributed by atoms with van der Waals surface area (Å²) in [5, 5.41) is 4.01. The van der Waals surface area contributed by atoms with Crippen molar-refractivity contribution in [2.75, 3.05) is 11.9 Å². The number of rotatable bonds is 6. The molecular formula is C27H29F2N7O2. The van der Waals surface area contributed by atoms with Crippen molar-refractivity contribution in [1.29, 1.82) is 0 Å². The number of carbonyl (C=O) groups excluding carboxylic acids is 1. The predicted octanol–water partition coefficient (Wildman–Crippen LogP) is 4.54. The second-order valence-electron chi connectivity index (χ2n) is 9.91. The van der Waals surface area contributed by atoms with Crippen molar-refractivity contribution in [3.8, 4) is 11.6 Å². The van der Waals surface area contributed by atoms with E-state index in [1.165, 1.54) is 6.07 Å². The SMILES string of the molecule is Cc1cnc2n1CCN(C(=O)[C@H]1CC[C@H](Nc3nccc(-n4ccc5c(OC(F)F)cccc54)n3)CC1)C2. The number of hydrogen-bond acceptors (Lipinski definition) is 6. The van der Waals surface area contributed by atoms with Crippen LogP contribution >= 0.6 is 0 Å². The van der Waals surface area contributed by atoms with Crippen LogP contribution in [0.2, 0.25) is 0 Å². The van der Waals surface area contributed by atoms with Crippen LogP contribution in [0.3, 0.4) is 0 Å². The van der Waals surface area contributed by atoms with E-state index in [1.807, 2.05) is 28.7 Å². The third-order valence-electron chi connectivity index (χ3n) is 7.58. The van der Waals surface area contributed by atoms with E-state index in [0.29, 0.717) is 29.2 Å². The first-order chi connectivity index (χ1) is 18.5. The molecule has 0 atom stereocenters. The summed E-state index contributed by atoms with van der Waals surface area (Å²) in [4.78, 5) is 28.7. The van der Waals surface area contributed by atoms with Gasteiger partial charge in [0.05, 0.1) is 12.1 Å². The van der Waals surface area contributed by atoms with Crippen LogP contribution in [0.4, 0.5) is 14.7 Å². The standard InChI is InChI=1S/C27H29F2N7O2/c1-17-15-31-24-16-34(13-14-35(17)24)25(37)18-5-7-19(8-6-18)32-27-30-11-9-23(33-27)36-12-10-20-21(36)3-2-4-22(20)38-26(28)29/h2-4,9-12,15,18-19,26H,5-8,13-14,16H2,1H3,(H,30,32,33)/t18-,19-. The lowest BCUT2D eigenvalue weighted by atomic mass is 9.85. The lowest BCUT2D eigenvalue weighted by molar-refractivity contribution is -0.138. The minimum absolute atomic E-state index is 0.0267. The molecule has 4 aromatic rings. The Morgan fingerprint density at radius 2 is 1.95 bits per heavy atom. The van der Waals surface area contributed by atoms with Gasteiger partial charge in [-0.3, -0.25) is 4.79 Å². The van der Waals surface area contributed by atoms with Crippen LogP contribution < -0.4 is 10.1 Å². The van der Waals surface area contributed by atoms with Crippen LogP contribution in [0.1, 0.15) is 37.2 Å². The first-order valence-corrected chi connectivity index (χ1v) is 12.9. The number of amides is 1. The van der Waals surface area contributed by atoms with Gasteiger partial charge in [-0.15, -0.1) is 0 Å². The Hall–Kier alpha value is -4.02. The Morgan fingerprint density at radius 3 is 2.76 bits per heavy atom. The van der Waals surface area contributed by atoms with E-state index >= 15 is 0 Å². The number of nitrogens with zero attached hydrogens (tertiary/aromatic N) is 6. The summed E-state index contributed by atoms with van der Waals surface area (Å²) >= 11 is 0. The van der Waals surface area contributed by atoms with Gasteiger partial charge in [-0.2, -0.15) is 13.8 Å². The van der Waals surface area contributed by atoms with Crippen molar-refractivity contribution < 1.29 is 18.3 Å². The molecule has 3 aromatic heterocycles. The number of benzene rings is 1. The van der Waals surface area contributed by atoms with Crippen molar-refractivity contribution in [1.82, 2.24) is 29.0 Å². The number of aryl methyl sites for hydroxylation is 1. The highest BCUT2D eigenvalue weighted by atomic mass is 19.3. The van der Waals surface area contributed by atoms with Gasteiger partial charge in [0.1, 0.15) is 17.4 Å². The highest BCUT2D eigenvalue weighted by molar-refractivity contribution is 5.87. The number of halogens is 2. The Morgan fingerprint density at radius 1 is 1.11 bits per heavy atom. The van der Waals surface area contributed by atoms with Crippen LogP contribution in [-0.2, 0) is 17.9 Å². The zero-order chi connectivity index (χ0) is 26.2.